The van der Waals surface area contributed by atoms with Crippen molar-refractivity contribution in [3.8, 4) is 24.7 Å². The van der Waals surface area contributed by atoms with E-state index in [0.29, 0.717) is 0 Å². The zero-order chi connectivity index (χ0) is 13.5. The minimum atomic E-state index is -0.752. The number of hydrogen-bond donors (Lipinski definition) is 2. The zero-order valence-electron chi connectivity index (χ0n) is 11.4. The van der Waals surface area contributed by atoms with E-state index < -0.39 is 11.2 Å². The number of aliphatic hydroxyl groups is 2. The van der Waals surface area contributed by atoms with Gasteiger partial charge in [0.2, 0.25) is 0 Å². The summed E-state index contributed by atoms with van der Waals surface area (Å²) in [5.74, 6) is 4.87. The predicted molar refractivity (Wildman–Crippen MR) is 73.7 cm³/mol. The summed E-state index contributed by atoms with van der Waals surface area (Å²) in [4.78, 5) is 0. The molecule has 2 aliphatic carbocycles. The average Bonchev–Trinajstić information content (AvgIpc) is 2.41. The summed E-state index contributed by atoms with van der Waals surface area (Å²) in [5, 5.41) is 18.9. The van der Waals surface area contributed by atoms with Crippen LogP contribution in [0.2, 0.25) is 0 Å². The Morgan fingerprint density at radius 2 is 0.895 bits per heavy atom. The van der Waals surface area contributed by atoms with Crippen molar-refractivity contribution in [1.82, 2.24) is 0 Å². The predicted octanol–water partition coefficient (Wildman–Crippen LogP) is 2.63. The molecule has 2 fully saturated rings. The molecule has 0 aromatic heterocycles. The maximum Gasteiger partial charge on any atom is 0.125 e. The zero-order valence-corrected chi connectivity index (χ0v) is 13.7. The van der Waals surface area contributed by atoms with Crippen LogP contribution >= 0.6 is 0 Å². The van der Waals surface area contributed by atoms with Gasteiger partial charge in [0.1, 0.15) is 11.2 Å². The van der Waals surface area contributed by atoms with Gasteiger partial charge in [0.05, 0.1) is 0 Å². The van der Waals surface area contributed by atoms with E-state index in [-0.39, 0.29) is 21.1 Å². The fraction of sp³-hybridized carbons (Fsp3) is 0.750. The van der Waals surface area contributed by atoms with Gasteiger partial charge in [0.25, 0.3) is 0 Å². The summed E-state index contributed by atoms with van der Waals surface area (Å²) >= 11 is 0. The third kappa shape index (κ3) is 6.63. The molecule has 110 valence electrons. The van der Waals surface area contributed by atoms with Crippen molar-refractivity contribution >= 4 is 0 Å². The smallest absolute Gasteiger partial charge is 0.125 e. The molecule has 0 heterocycles. The van der Waals surface area contributed by atoms with Crippen LogP contribution in [-0.4, -0.2) is 21.4 Å². The van der Waals surface area contributed by atoms with E-state index in [1.165, 1.54) is 12.8 Å². The van der Waals surface area contributed by atoms with Crippen LogP contribution in [0.1, 0.15) is 64.2 Å². The van der Waals surface area contributed by atoms with Gasteiger partial charge in [-0.25, -0.2) is 0 Å². The molecule has 2 N–H and O–H groups in total. The van der Waals surface area contributed by atoms with Crippen LogP contribution in [0.15, 0.2) is 0 Å². The fourth-order valence-electron chi connectivity index (χ4n) is 2.56. The quantitative estimate of drug-likeness (QED) is 0.566. The Bertz CT molecular complexity index is 292. The summed E-state index contributed by atoms with van der Waals surface area (Å²) in [6, 6.07) is 0. The Labute approximate surface area is 131 Å². The van der Waals surface area contributed by atoms with Crippen molar-refractivity contribution in [3.05, 3.63) is 0 Å². The SMILES string of the molecule is C#CC1(O)CCCCC1.C#CC1(O)CCCCC1.[Pt]. The van der Waals surface area contributed by atoms with Gasteiger partial charge in [-0.3, -0.25) is 0 Å². The number of terminal acetylenes is 2. The molecule has 0 aromatic carbocycles. The van der Waals surface area contributed by atoms with Crippen molar-refractivity contribution in [1.29, 1.82) is 0 Å². The van der Waals surface area contributed by atoms with Crippen LogP contribution < -0.4 is 0 Å². The second kappa shape index (κ2) is 8.81. The maximum atomic E-state index is 9.44. The topological polar surface area (TPSA) is 40.5 Å². The van der Waals surface area contributed by atoms with E-state index in [0.717, 1.165) is 51.4 Å². The average molecular weight is 443 g/mol. The molecule has 0 aromatic rings. The van der Waals surface area contributed by atoms with Crippen LogP contribution in [0.5, 0.6) is 0 Å². The second-order valence-corrected chi connectivity index (χ2v) is 5.47. The molecule has 0 aliphatic heterocycles. The molecule has 0 radical (unpaired) electrons. The largest absolute Gasteiger partial charge is 0.378 e. The first-order chi connectivity index (χ1) is 8.54. The van der Waals surface area contributed by atoms with Gasteiger partial charge in [-0.05, 0) is 51.4 Å². The first-order valence-electron chi connectivity index (χ1n) is 6.94. The van der Waals surface area contributed by atoms with E-state index in [9.17, 15) is 10.2 Å². The Morgan fingerprint density at radius 1 is 0.632 bits per heavy atom. The molecule has 2 aliphatic rings. The van der Waals surface area contributed by atoms with Gasteiger partial charge >= 0.3 is 0 Å². The normalized spacial score (nSPS) is 23.6. The van der Waals surface area contributed by atoms with Gasteiger partial charge in [0.15, 0.2) is 0 Å². The van der Waals surface area contributed by atoms with Crippen LogP contribution in [0, 0.1) is 24.7 Å². The van der Waals surface area contributed by atoms with Crippen molar-refractivity contribution in [2.45, 2.75) is 75.4 Å². The number of rotatable bonds is 0. The molecule has 2 nitrogen and oxygen atoms in total. The Morgan fingerprint density at radius 3 is 1.05 bits per heavy atom. The molecule has 0 atom stereocenters. The summed E-state index contributed by atoms with van der Waals surface area (Å²) in [6.45, 7) is 0. The third-order valence-electron chi connectivity index (χ3n) is 3.90. The molecule has 0 saturated heterocycles. The monoisotopic (exact) mass is 443 g/mol. The van der Waals surface area contributed by atoms with Crippen LogP contribution in [-0.2, 0) is 21.1 Å². The van der Waals surface area contributed by atoms with Gasteiger partial charge in [-0.1, -0.05) is 24.7 Å². The van der Waals surface area contributed by atoms with Crippen molar-refractivity contribution in [2.75, 3.05) is 0 Å². The first kappa shape index (κ1) is 18.7. The molecule has 19 heavy (non-hydrogen) atoms. The fourth-order valence-corrected chi connectivity index (χ4v) is 2.56. The first-order valence-corrected chi connectivity index (χ1v) is 6.94. The molecule has 2 saturated carbocycles. The summed E-state index contributed by atoms with van der Waals surface area (Å²) in [5.41, 5.74) is -1.50. The number of hydrogen-bond acceptors (Lipinski definition) is 2. The Balaban J connectivity index is 0.000000324. The summed E-state index contributed by atoms with van der Waals surface area (Å²) in [6.07, 6.45) is 20.2. The van der Waals surface area contributed by atoms with Crippen molar-refractivity contribution in [2.24, 2.45) is 0 Å². The molecule has 0 unspecified atom stereocenters. The van der Waals surface area contributed by atoms with Gasteiger partial charge < -0.3 is 10.2 Å². The van der Waals surface area contributed by atoms with E-state index in [1.54, 1.807) is 0 Å². The van der Waals surface area contributed by atoms with Gasteiger partial charge in [-0.2, -0.15) is 0 Å². The summed E-state index contributed by atoms with van der Waals surface area (Å²) < 4.78 is 0. The Hall–Kier alpha value is -0.272. The van der Waals surface area contributed by atoms with Crippen molar-refractivity contribution < 1.29 is 31.3 Å². The van der Waals surface area contributed by atoms with Crippen LogP contribution in [0.4, 0.5) is 0 Å². The Kier molecular flexibility index (Phi) is 8.69. The van der Waals surface area contributed by atoms with E-state index in [1.807, 2.05) is 0 Å². The van der Waals surface area contributed by atoms with E-state index in [2.05, 4.69) is 11.8 Å². The third-order valence-corrected chi connectivity index (χ3v) is 3.90. The second-order valence-electron chi connectivity index (χ2n) is 5.47. The van der Waals surface area contributed by atoms with E-state index in [4.69, 9.17) is 12.8 Å². The molecule has 2 rings (SSSR count). The van der Waals surface area contributed by atoms with Gasteiger partial charge in [0, 0.05) is 21.1 Å². The summed E-state index contributed by atoms with van der Waals surface area (Å²) in [7, 11) is 0. The van der Waals surface area contributed by atoms with Gasteiger partial charge in [-0.15, -0.1) is 12.8 Å². The van der Waals surface area contributed by atoms with Crippen LogP contribution in [0.25, 0.3) is 0 Å². The molecular formula is C16H24O2Pt. The molecule has 3 heteroatoms. The molecule has 0 amide bonds. The standard InChI is InChI=1S/2C8H12O.Pt/c2*1-2-8(9)6-4-3-5-7-8;/h2*1,9H,3-7H2;. The minimum Gasteiger partial charge on any atom is -0.378 e. The van der Waals surface area contributed by atoms with Crippen molar-refractivity contribution in [3.63, 3.8) is 0 Å². The molecule has 0 spiro atoms. The minimum absolute atomic E-state index is 0. The molecular weight excluding hydrogens is 419 g/mol. The van der Waals surface area contributed by atoms with Crippen LogP contribution in [0.3, 0.4) is 0 Å². The maximum absolute atomic E-state index is 9.44. The van der Waals surface area contributed by atoms with E-state index >= 15 is 0 Å². The molecule has 0 bridgehead atoms.